The van der Waals surface area contributed by atoms with Gasteiger partial charge >= 0.3 is 0 Å². The predicted octanol–water partition coefficient (Wildman–Crippen LogP) is 2.56. The maximum Gasteiger partial charge on any atom is 0.265 e. The Morgan fingerprint density at radius 2 is 1.75 bits per heavy atom. The van der Waals surface area contributed by atoms with Crippen LogP contribution in [0.15, 0.2) is 51.8 Å². The van der Waals surface area contributed by atoms with Gasteiger partial charge in [-0.05, 0) is 58.4 Å². The highest BCUT2D eigenvalue weighted by Crippen LogP contribution is 2.29. The summed E-state index contributed by atoms with van der Waals surface area (Å²) in [7, 11) is -2.29. The van der Waals surface area contributed by atoms with Gasteiger partial charge in [0.25, 0.3) is 10.0 Å². The van der Waals surface area contributed by atoms with Crippen molar-refractivity contribution in [2.24, 2.45) is 0 Å². The molecule has 20 heavy (non-hydrogen) atoms. The van der Waals surface area contributed by atoms with E-state index in [1.54, 1.807) is 12.1 Å². The van der Waals surface area contributed by atoms with Gasteiger partial charge in [0.15, 0.2) is 0 Å². The third-order valence-electron chi connectivity index (χ3n) is 2.81. The van der Waals surface area contributed by atoms with Gasteiger partial charge < -0.3 is 10.8 Å². The van der Waals surface area contributed by atoms with E-state index in [9.17, 15) is 13.5 Å². The summed E-state index contributed by atoms with van der Waals surface area (Å²) >= 11 is 3.22. The van der Waals surface area contributed by atoms with Crippen molar-refractivity contribution < 1.29 is 13.5 Å². The Labute approximate surface area is 125 Å². The Hall–Kier alpha value is -1.73. The number of hydrogen-bond acceptors (Lipinski definition) is 4. The molecule has 0 heterocycles. The molecule has 5 nitrogen and oxygen atoms in total. The van der Waals surface area contributed by atoms with Crippen LogP contribution in [-0.2, 0) is 10.0 Å². The fraction of sp³-hybridized carbons (Fsp3) is 0.0769. The van der Waals surface area contributed by atoms with Crippen LogP contribution >= 0.6 is 15.9 Å². The zero-order valence-electron chi connectivity index (χ0n) is 10.6. The zero-order chi connectivity index (χ0) is 14.9. The van der Waals surface area contributed by atoms with E-state index in [1.165, 1.54) is 37.4 Å². The minimum Gasteiger partial charge on any atom is -0.508 e. The molecule has 106 valence electrons. The van der Waals surface area contributed by atoms with Gasteiger partial charge in [0.05, 0.1) is 5.69 Å². The molecule has 0 atom stereocenters. The average Bonchev–Trinajstić information content (AvgIpc) is 2.41. The smallest absolute Gasteiger partial charge is 0.265 e. The van der Waals surface area contributed by atoms with Crippen molar-refractivity contribution in [3.8, 4) is 5.75 Å². The molecule has 0 fully saturated rings. The summed E-state index contributed by atoms with van der Waals surface area (Å²) in [4.78, 5) is 0.0908. The van der Waals surface area contributed by atoms with Crippen LogP contribution < -0.4 is 10.0 Å². The molecule has 7 heteroatoms. The van der Waals surface area contributed by atoms with E-state index >= 15 is 0 Å². The lowest BCUT2D eigenvalue weighted by Gasteiger charge is -2.20. The van der Waals surface area contributed by atoms with Gasteiger partial charge in [0.2, 0.25) is 0 Å². The summed E-state index contributed by atoms with van der Waals surface area (Å²) < 4.78 is 26.7. The van der Waals surface area contributed by atoms with Gasteiger partial charge in [-0.15, -0.1) is 0 Å². The van der Waals surface area contributed by atoms with Crippen molar-refractivity contribution in [1.82, 2.24) is 0 Å². The van der Waals surface area contributed by atoms with Crippen LogP contribution in [0, 0.1) is 0 Å². The van der Waals surface area contributed by atoms with Gasteiger partial charge in [-0.2, -0.15) is 0 Å². The molecular formula is C13H13BrN2O3S. The molecule has 0 aliphatic carbocycles. The summed E-state index contributed by atoms with van der Waals surface area (Å²) in [6.07, 6.45) is 0. The monoisotopic (exact) mass is 356 g/mol. The lowest BCUT2D eigenvalue weighted by Crippen LogP contribution is -2.26. The number of phenols is 1. The number of nitrogens with two attached hydrogens (primary N) is 1. The molecule has 0 radical (unpaired) electrons. The maximum absolute atomic E-state index is 12.6. The largest absolute Gasteiger partial charge is 0.508 e. The number of aromatic hydroxyl groups is 1. The van der Waals surface area contributed by atoms with E-state index < -0.39 is 10.0 Å². The molecule has 3 N–H and O–H groups in total. The highest BCUT2D eigenvalue weighted by molar-refractivity contribution is 9.10. The predicted molar refractivity (Wildman–Crippen MR) is 82.3 cm³/mol. The lowest BCUT2D eigenvalue weighted by atomic mass is 10.3. The first-order valence-electron chi connectivity index (χ1n) is 5.65. The fourth-order valence-electron chi connectivity index (χ4n) is 1.67. The standard InChI is InChI=1S/C13H13BrN2O3S/c1-16(10-3-5-11(17)6-4-10)20(18,19)13-8-9(15)2-7-12(13)14/h2-8,17H,15H2,1H3. The first-order chi connectivity index (χ1) is 9.32. The molecule has 2 rings (SSSR count). The number of halogens is 1. The molecule has 0 bridgehead atoms. The van der Waals surface area contributed by atoms with Crippen molar-refractivity contribution in [2.45, 2.75) is 4.90 Å². The van der Waals surface area contributed by atoms with Gasteiger partial charge in [-0.3, -0.25) is 4.31 Å². The molecule has 0 spiro atoms. The maximum atomic E-state index is 12.6. The number of hydrogen-bond donors (Lipinski definition) is 2. The minimum atomic E-state index is -3.73. The Morgan fingerprint density at radius 1 is 1.15 bits per heavy atom. The van der Waals surface area contributed by atoms with Gasteiger partial charge in [0, 0.05) is 17.2 Å². The van der Waals surface area contributed by atoms with E-state index in [4.69, 9.17) is 5.73 Å². The van der Waals surface area contributed by atoms with Crippen LogP contribution in [0.1, 0.15) is 0 Å². The number of phenolic OH excluding ortho intramolecular Hbond substituents is 1. The first-order valence-corrected chi connectivity index (χ1v) is 7.88. The normalized spacial score (nSPS) is 11.3. The molecule has 0 saturated carbocycles. The van der Waals surface area contributed by atoms with E-state index in [0.717, 1.165) is 4.31 Å². The fourth-order valence-corrected chi connectivity index (χ4v) is 3.82. The number of anilines is 2. The Balaban J connectivity index is 2.49. The third-order valence-corrected chi connectivity index (χ3v) is 5.59. The number of nitrogens with zero attached hydrogens (tertiary/aromatic N) is 1. The second-order valence-electron chi connectivity index (χ2n) is 4.18. The quantitative estimate of drug-likeness (QED) is 0.827. The van der Waals surface area contributed by atoms with E-state index in [2.05, 4.69) is 15.9 Å². The van der Waals surface area contributed by atoms with Crippen molar-refractivity contribution >= 4 is 37.3 Å². The number of sulfonamides is 1. The highest BCUT2D eigenvalue weighted by Gasteiger charge is 2.24. The van der Waals surface area contributed by atoms with Gasteiger partial charge in [0.1, 0.15) is 10.6 Å². The van der Waals surface area contributed by atoms with E-state index in [1.807, 2.05) is 0 Å². The van der Waals surface area contributed by atoms with Crippen LogP contribution in [0.25, 0.3) is 0 Å². The van der Waals surface area contributed by atoms with Gasteiger partial charge in [-0.25, -0.2) is 8.42 Å². The van der Waals surface area contributed by atoms with Crippen LogP contribution in [0.2, 0.25) is 0 Å². The molecule has 0 saturated heterocycles. The lowest BCUT2D eigenvalue weighted by molar-refractivity contribution is 0.475. The number of nitrogen functional groups attached to an aromatic ring is 1. The van der Waals surface area contributed by atoms with Crippen LogP contribution in [0.4, 0.5) is 11.4 Å². The average molecular weight is 357 g/mol. The molecular weight excluding hydrogens is 344 g/mol. The summed E-state index contributed by atoms with van der Waals surface area (Å²) in [5, 5.41) is 9.25. The summed E-state index contributed by atoms with van der Waals surface area (Å²) in [6, 6.07) is 10.5. The second kappa shape index (κ2) is 5.34. The third kappa shape index (κ3) is 2.73. The summed E-state index contributed by atoms with van der Waals surface area (Å²) in [6.45, 7) is 0. The number of benzene rings is 2. The summed E-state index contributed by atoms with van der Waals surface area (Å²) in [5.74, 6) is 0.0738. The van der Waals surface area contributed by atoms with Crippen molar-refractivity contribution in [3.05, 3.63) is 46.9 Å². The van der Waals surface area contributed by atoms with Gasteiger partial charge in [-0.1, -0.05) is 0 Å². The highest BCUT2D eigenvalue weighted by atomic mass is 79.9. The Morgan fingerprint density at radius 3 is 2.35 bits per heavy atom. The van der Waals surface area contributed by atoms with Crippen molar-refractivity contribution in [2.75, 3.05) is 17.1 Å². The molecule has 0 aliphatic rings. The number of rotatable bonds is 3. The molecule has 2 aromatic carbocycles. The molecule has 0 unspecified atom stereocenters. The molecule has 0 aliphatic heterocycles. The minimum absolute atomic E-state index is 0.0738. The Kier molecular flexibility index (Phi) is 3.92. The van der Waals surface area contributed by atoms with Crippen LogP contribution in [0.3, 0.4) is 0 Å². The second-order valence-corrected chi connectivity index (χ2v) is 6.97. The molecule has 2 aromatic rings. The zero-order valence-corrected chi connectivity index (χ0v) is 13.0. The van der Waals surface area contributed by atoms with Crippen molar-refractivity contribution in [3.63, 3.8) is 0 Å². The molecule has 0 aromatic heterocycles. The van der Waals surface area contributed by atoms with Crippen molar-refractivity contribution in [1.29, 1.82) is 0 Å². The first kappa shape index (κ1) is 14.7. The van der Waals surface area contributed by atoms with Crippen LogP contribution in [0.5, 0.6) is 5.75 Å². The SMILES string of the molecule is CN(c1ccc(O)cc1)S(=O)(=O)c1cc(N)ccc1Br. The van der Waals surface area contributed by atoms with Crippen LogP contribution in [-0.4, -0.2) is 20.6 Å². The van der Waals surface area contributed by atoms with E-state index in [0.29, 0.717) is 15.8 Å². The topological polar surface area (TPSA) is 83.6 Å². The summed E-state index contributed by atoms with van der Waals surface area (Å²) in [5.41, 5.74) is 6.45. The Bertz CT molecular complexity index is 730. The van der Waals surface area contributed by atoms with E-state index in [-0.39, 0.29) is 10.6 Å². The molecule has 0 amide bonds.